The minimum atomic E-state index is -0.209. The molecular weight excluding hydrogens is 258 g/mol. The predicted octanol–water partition coefficient (Wildman–Crippen LogP) is 1.04. The van der Waals surface area contributed by atoms with Crippen LogP contribution in [0.2, 0.25) is 0 Å². The van der Waals surface area contributed by atoms with E-state index in [9.17, 15) is 9.59 Å². The summed E-state index contributed by atoms with van der Waals surface area (Å²) in [7, 11) is 1.40. The first-order chi connectivity index (χ1) is 9.67. The van der Waals surface area contributed by atoms with E-state index in [4.69, 9.17) is 4.74 Å². The summed E-state index contributed by atoms with van der Waals surface area (Å²) < 4.78 is 6.47. The predicted molar refractivity (Wildman–Crippen MR) is 75.7 cm³/mol. The van der Waals surface area contributed by atoms with Crippen molar-refractivity contribution in [2.45, 2.75) is 32.7 Å². The fourth-order valence-electron chi connectivity index (χ4n) is 2.60. The molecule has 2 rings (SSSR count). The van der Waals surface area contributed by atoms with Crippen molar-refractivity contribution in [3.05, 3.63) is 22.7 Å². The van der Waals surface area contributed by atoms with Crippen molar-refractivity contribution in [2.75, 3.05) is 25.1 Å². The lowest BCUT2D eigenvalue weighted by Crippen LogP contribution is -2.42. The fraction of sp³-hybridized carbons (Fsp3) is 0.643. The van der Waals surface area contributed by atoms with Crippen LogP contribution in [0, 0.1) is 5.92 Å². The highest BCUT2D eigenvalue weighted by atomic mass is 16.5. The monoisotopic (exact) mass is 279 g/mol. The number of carbonyl (C=O) groups excluding carboxylic acids is 1. The highest BCUT2D eigenvalue weighted by Crippen LogP contribution is 2.20. The Morgan fingerprint density at radius 1 is 1.55 bits per heavy atom. The van der Waals surface area contributed by atoms with Gasteiger partial charge in [-0.15, -0.1) is 0 Å². The van der Waals surface area contributed by atoms with Crippen molar-refractivity contribution in [1.82, 2.24) is 9.55 Å². The molecule has 0 aliphatic carbocycles. The molecule has 0 saturated carbocycles. The molecule has 6 nitrogen and oxygen atoms in total. The number of aryl methyl sites for hydroxylation is 1. The van der Waals surface area contributed by atoms with E-state index in [1.165, 1.54) is 7.11 Å². The van der Waals surface area contributed by atoms with Gasteiger partial charge in [0.05, 0.1) is 13.0 Å². The van der Waals surface area contributed by atoms with Gasteiger partial charge in [-0.25, -0.2) is 4.98 Å². The highest BCUT2D eigenvalue weighted by molar-refractivity contribution is 5.73. The third-order valence-electron chi connectivity index (χ3n) is 3.62. The lowest BCUT2D eigenvalue weighted by molar-refractivity contribution is -0.145. The van der Waals surface area contributed by atoms with Crippen LogP contribution in [0.25, 0.3) is 0 Å². The number of anilines is 1. The average molecular weight is 279 g/mol. The molecule has 0 aromatic carbocycles. The molecule has 1 fully saturated rings. The van der Waals surface area contributed by atoms with Gasteiger partial charge in [-0.2, -0.15) is 0 Å². The summed E-state index contributed by atoms with van der Waals surface area (Å²) in [5, 5.41) is 0. The molecule has 0 amide bonds. The second-order valence-corrected chi connectivity index (χ2v) is 5.06. The molecule has 1 aliphatic rings. The van der Waals surface area contributed by atoms with Gasteiger partial charge >= 0.3 is 5.97 Å². The van der Waals surface area contributed by atoms with E-state index in [2.05, 4.69) is 4.98 Å². The topological polar surface area (TPSA) is 64.4 Å². The fourth-order valence-corrected chi connectivity index (χ4v) is 2.60. The quantitative estimate of drug-likeness (QED) is 0.771. The Morgan fingerprint density at radius 2 is 2.35 bits per heavy atom. The summed E-state index contributed by atoms with van der Waals surface area (Å²) in [6.45, 7) is 3.97. The lowest BCUT2D eigenvalue weighted by Gasteiger charge is -2.31. The zero-order valence-electron chi connectivity index (χ0n) is 12.0. The number of methoxy groups -OCH3 is 1. The van der Waals surface area contributed by atoms with E-state index < -0.39 is 0 Å². The van der Waals surface area contributed by atoms with Crippen molar-refractivity contribution in [1.29, 1.82) is 0 Å². The molecule has 2 heterocycles. The minimum absolute atomic E-state index is 0.0835. The van der Waals surface area contributed by atoms with Crippen molar-refractivity contribution < 1.29 is 9.53 Å². The maximum absolute atomic E-state index is 12.3. The normalized spacial score (nSPS) is 18.9. The lowest BCUT2D eigenvalue weighted by atomic mass is 9.98. The summed E-state index contributed by atoms with van der Waals surface area (Å²) in [6.07, 6.45) is 5.92. The summed E-state index contributed by atoms with van der Waals surface area (Å²) in [5.41, 5.74) is -0.0835. The molecule has 110 valence electrons. The molecule has 20 heavy (non-hydrogen) atoms. The molecule has 1 atom stereocenters. The van der Waals surface area contributed by atoms with Gasteiger partial charge in [-0.05, 0) is 19.3 Å². The first kappa shape index (κ1) is 14.6. The minimum Gasteiger partial charge on any atom is -0.469 e. The third-order valence-corrected chi connectivity index (χ3v) is 3.62. The van der Waals surface area contributed by atoms with Crippen LogP contribution >= 0.6 is 0 Å². The highest BCUT2D eigenvalue weighted by Gasteiger charge is 2.28. The maximum atomic E-state index is 12.3. The Morgan fingerprint density at radius 3 is 3.05 bits per heavy atom. The third kappa shape index (κ3) is 3.00. The van der Waals surface area contributed by atoms with E-state index in [0.29, 0.717) is 18.9 Å². The number of hydrogen-bond donors (Lipinski definition) is 0. The van der Waals surface area contributed by atoms with E-state index in [1.807, 2.05) is 11.8 Å². The van der Waals surface area contributed by atoms with Gasteiger partial charge in [0.15, 0.2) is 5.82 Å². The summed E-state index contributed by atoms with van der Waals surface area (Å²) in [4.78, 5) is 30.1. The van der Waals surface area contributed by atoms with Crippen LogP contribution in [0.3, 0.4) is 0 Å². The number of aromatic nitrogens is 2. The maximum Gasteiger partial charge on any atom is 0.310 e. The number of rotatable bonds is 4. The van der Waals surface area contributed by atoms with Crippen molar-refractivity contribution in [3.63, 3.8) is 0 Å². The van der Waals surface area contributed by atoms with Crippen LogP contribution in [-0.2, 0) is 16.1 Å². The van der Waals surface area contributed by atoms with Gasteiger partial charge in [0.25, 0.3) is 5.56 Å². The van der Waals surface area contributed by atoms with Crippen molar-refractivity contribution in [2.24, 2.45) is 5.92 Å². The number of nitrogens with zero attached hydrogens (tertiary/aromatic N) is 3. The van der Waals surface area contributed by atoms with E-state index >= 15 is 0 Å². The smallest absolute Gasteiger partial charge is 0.310 e. The summed E-state index contributed by atoms with van der Waals surface area (Å²) >= 11 is 0. The largest absolute Gasteiger partial charge is 0.469 e. The molecule has 1 aliphatic heterocycles. The number of esters is 1. The Kier molecular flexibility index (Phi) is 4.76. The second-order valence-electron chi connectivity index (χ2n) is 5.06. The number of ether oxygens (including phenoxy) is 1. The molecule has 0 radical (unpaired) electrons. The van der Waals surface area contributed by atoms with Crippen molar-refractivity contribution in [3.8, 4) is 0 Å². The molecule has 1 unspecified atom stereocenters. The molecule has 0 spiro atoms. The van der Waals surface area contributed by atoms with Crippen LogP contribution in [0.5, 0.6) is 0 Å². The summed E-state index contributed by atoms with van der Waals surface area (Å²) in [6, 6.07) is 0. The molecule has 0 bridgehead atoms. The zero-order chi connectivity index (χ0) is 14.5. The second kappa shape index (κ2) is 6.54. The van der Waals surface area contributed by atoms with Crippen LogP contribution in [0.1, 0.15) is 26.2 Å². The van der Waals surface area contributed by atoms with Crippen LogP contribution < -0.4 is 10.5 Å². The van der Waals surface area contributed by atoms with Gasteiger partial charge in [0, 0.05) is 32.0 Å². The van der Waals surface area contributed by atoms with E-state index in [1.54, 1.807) is 17.0 Å². The molecule has 1 saturated heterocycles. The van der Waals surface area contributed by atoms with Gasteiger partial charge in [-0.1, -0.05) is 6.92 Å². The van der Waals surface area contributed by atoms with Gasteiger partial charge in [-0.3, -0.25) is 9.59 Å². The zero-order valence-corrected chi connectivity index (χ0v) is 12.0. The Labute approximate surface area is 118 Å². The van der Waals surface area contributed by atoms with Crippen LogP contribution in [0.15, 0.2) is 17.2 Å². The van der Waals surface area contributed by atoms with Gasteiger partial charge in [0.1, 0.15) is 0 Å². The van der Waals surface area contributed by atoms with Gasteiger partial charge < -0.3 is 14.2 Å². The first-order valence-electron chi connectivity index (χ1n) is 7.05. The Hall–Kier alpha value is -1.85. The number of hydrogen-bond acceptors (Lipinski definition) is 5. The molecule has 1 aromatic rings. The van der Waals surface area contributed by atoms with Crippen LogP contribution in [0.4, 0.5) is 5.82 Å². The van der Waals surface area contributed by atoms with Crippen molar-refractivity contribution >= 4 is 11.8 Å². The standard InChI is InChI=1S/C14H21N3O3/c1-3-7-16-9-6-15-12(13(16)18)17-8-4-5-11(10-17)14(19)20-2/h6,9,11H,3-5,7-8,10H2,1-2H3. The SMILES string of the molecule is CCCn1ccnc(N2CCCC(C(=O)OC)C2)c1=O. The first-order valence-corrected chi connectivity index (χ1v) is 7.05. The van der Waals surface area contributed by atoms with Crippen LogP contribution in [-0.4, -0.2) is 35.7 Å². The van der Waals surface area contributed by atoms with E-state index in [0.717, 1.165) is 25.8 Å². The molecular formula is C14H21N3O3. The number of piperidine rings is 1. The molecule has 6 heteroatoms. The van der Waals surface area contributed by atoms with E-state index in [-0.39, 0.29) is 17.4 Å². The molecule has 0 N–H and O–H groups in total. The number of carbonyl (C=O) groups is 1. The van der Waals surface area contributed by atoms with Gasteiger partial charge in [0.2, 0.25) is 0 Å². The average Bonchev–Trinajstić information content (AvgIpc) is 2.49. The Bertz CT molecular complexity index is 527. The summed E-state index contributed by atoms with van der Waals surface area (Å²) in [5.74, 6) is 0.0591. The Balaban J connectivity index is 2.21. The molecule has 1 aromatic heterocycles.